The number of hydrogen-bond donors (Lipinski definition) is 1. The Hall–Kier alpha value is -3.94. The molecule has 11 nitrogen and oxygen atoms in total. The van der Waals surface area contributed by atoms with E-state index in [4.69, 9.17) is 24.0 Å². The highest BCUT2D eigenvalue weighted by atomic mass is 32.2. The molecule has 13 heteroatoms. The van der Waals surface area contributed by atoms with E-state index < -0.39 is 9.84 Å². The lowest BCUT2D eigenvalue weighted by Gasteiger charge is -2.23. The molecule has 1 N–H and O–H groups in total. The van der Waals surface area contributed by atoms with Gasteiger partial charge in [-0.1, -0.05) is 19.9 Å². The van der Waals surface area contributed by atoms with E-state index in [2.05, 4.69) is 46.4 Å². The van der Waals surface area contributed by atoms with Gasteiger partial charge in [-0.2, -0.15) is 4.98 Å². The van der Waals surface area contributed by atoms with E-state index in [1.165, 1.54) is 24.0 Å². The quantitative estimate of drug-likeness (QED) is 0.175. The summed E-state index contributed by atoms with van der Waals surface area (Å²) in [5.41, 5.74) is 4.86. The maximum absolute atomic E-state index is 14.2. The van der Waals surface area contributed by atoms with Crippen LogP contribution in [0.2, 0.25) is 0 Å². The standard InChI is InChI=1S/C35H38N6O5S2/c1-19(2)23-18-48(42,43)32-29(27-17-21-10-14-37-33(31(21)47-27)39-25-9-8-24-22(25)5-4-13-36-24)28(34-40-35(44-3)41-46-34)26(38-30(23)32)7-6-20-11-15-45-16-12-20/h4-5,10,13-14,17,19-20,23,25H,6-9,11-12,15-16,18H2,1-3H3,(H,37,39)/t23-,25+/m1/s1. The molecule has 3 aliphatic rings. The van der Waals surface area contributed by atoms with Crippen LogP contribution in [0.5, 0.6) is 6.01 Å². The van der Waals surface area contributed by atoms with Gasteiger partial charge in [0.15, 0.2) is 9.84 Å². The molecule has 0 bridgehead atoms. The van der Waals surface area contributed by atoms with Gasteiger partial charge in [-0.15, -0.1) is 11.3 Å². The van der Waals surface area contributed by atoms with Gasteiger partial charge in [0.2, 0.25) is 0 Å². The molecule has 0 radical (unpaired) electrons. The maximum Gasteiger partial charge on any atom is 0.354 e. The Morgan fingerprint density at radius 3 is 2.73 bits per heavy atom. The molecular weight excluding hydrogens is 649 g/mol. The molecule has 1 fully saturated rings. The average Bonchev–Trinajstić information content (AvgIpc) is 3.89. The fourth-order valence-corrected chi connectivity index (χ4v) is 10.9. The van der Waals surface area contributed by atoms with Gasteiger partial charge >= 0.3 is 6.01 Å². The van der Waals surface area contributed by atoms with Crippen LogP contribution in [0.15, 0.2) is 46.1 Å². The number of nitrogens with one attached hydrogen (secondary N) is 1. The number of ether oxygens (including phenoxy) is 2. The highest BCUT2D eigenvalue weighted by molar-refractivity contribution is 7.92. The van der Waals surface area contributed by atoms with Gasteiger partial charge in [0.25, 0.3) is 5.89 Å². The van der Waals surface area contributed by atoms with Crippen molar-refractivity contribution in [1.82, 2.24) is 25.1 Å². The van der Waals surface area contributed by atoms with Crippen molar-refractivity contribution < 1.29 is 22.4 Å². The number of anilines is 1. The van der Waals surface area contributed by atoms with E-state index in [-0.39, 0.29) is 40.4 Å². The number of nitrogens with zero attached hydrogens (tertiary/aromatic N) is 5. The molecule has 0 aromatic carbocycles. The van der Waals surface area contributed by atoms with Crippen molar-refractivity contribution in [1.29, 1.82) is 0 Å². The molecule has 48 heavy (non-hydrogen) atoms. The normalized spacial score (nSPS) is 20.3. The Morgan fingerprint density at radius 1 is 1.08 bits per heavy atom. The summed E-state index contributed by atoms with van der Waals surface area (Å²) in [5, 5.41) is 8.67. The summed E-state index contributed by atoms with van der Waals surface area (Å²) in [7, 11) is -2.21. The number of aryl methyl sites for hydroxylation is 2. The molecule has 1 saturated heterocycles. The zero-order valence-electron chi connectivity index (χ0n) is 27.2. The Balaban J connectivity index is 1.32. The summed E-state index contributed by atoms with van der Waals surface area (Å²) >= 11 is 1.52. The van der Waals surface area contributed by atoms with Gasteiger partial charge in [-0.3, -0.25) is 9.97 Å². The molecule has 0 saturated carbocycles. The first-order chi connectivity index (χ1) is 23.3. The Kier molecular flexibility index (Phi) is 8.16. The third-order valence-corrected chi connectivity index (χ3v) is 13.0. The second-order valence-corrected chi connectivity index (χ2v) is 16.3. The van der Waals surface area contributed by atoms with Crippen LogP contribution in [-0.4, -0.2) is 59.6 Å². The molecule has 0 amide bonds. The van der Waals surface area contributed by atoms with Crippen LogP contribution >= 0.6 is 11.3 Å². The van der Waals surface area contributed by atoms with Crippen molar-refractivity contribution in [3.05, 3.63) is 59.3 Å². The van der Waals surface area contributed by atoms with Crippen molar-refractivity contribution in [3.8, 4) is 27.9 Å². The molecule has 5 aromatic rings. The highest BCUT2D eigenvalue weighted by Gasteiger charge is 2.43. The first-order valence-corrected chi connectivity index (χ1v) is 19.1. The van der Waals surface area contributed by atoms with Gasteiger partial charge in [-0.25, -0.2) is 13.4 Å². The minimum atomic E-state index is -3.69. The number of pyridine rings is 3. The number of aromatic nitrogens is 5. The van der Waals surface area contributed by atoms with E-state index in [0.717, 1.165) is 77.5 Å². The van der Waals surface area contributed by atoms with Gasteiger partial charge < -0.3 is 19.3 Å². The first-order valence-electron chi connectivity index (χ1n) is 16.6. The summed E-state index contributed by atoms with van der Waals surface area (Å²) in [6, 6.07) is 8.29. The summed E-state index contributed by atoms with van der Waals surface area (Å²) < 4.78 is 46.0. The van der Waals surface area contributed by atoms with Crippen molar-refractivity contribution in [2.24, 2.45) is 11.8 Å². The van der Waals surface area contributed by atoms with Crippen molar-refractivity contribution in [2.45, 2.75) is 69.2 Å². The summed E-state index contributed by atoms with van der Waals surface area (Å²) in [4.78, 5) is 20.1. The molecule has 0 unspecified atom stereocenters. The predicted octanol–water partition coefficient (Wildman–Crippen LogP) is 6.80. The molecule has 2 aliphatic heterocycles. The van der Waals surface area contributed by atoms with Crippen molar-refractivity contribution >= 4 is 37.1 Å². The van der Waals surface area contributed by atoms with Crippen LogP contribution in [0.3, 0.4) is 0 Å². The van der Waals surface area contributed by atoms with Crippen molar-refractivity contribution in [3.63, 3.8) is 0 Å². The van der Waals surface area contributed by atoms with E-state index in [9.17, 15) is 8.42 Å². The number of rotatable bonds is 9. The Bertz CT molecular complexity index is 2100. The van der Waals surface area contributed by atoms with Crippen LogP contribution in [-0.2, 0) is 27.4 Å². The highest BCUT2D eigenvalue weighted by Crippen LogP contribution is 2.51. The average molecular weight is 687 g/mol. The predicted molar refractivity (Wildman–Crippen MR) is 183 cm³/mol. The van der Waals surface area contributed by atoms with E-state index in [1.807, 2.05) is 18.3 Å². The lowest BCUT2D eigenvalue weighted by atomic mass is 9.89. The van der Waals surface area contributed by atoms with Gasteiger partial charge in [-0.05, 0) is 84.7 Å². The summed E-state index contributed by atoms with van der Waals surface area (Å²) in [6.07, 6.45) is 8.99. The fraction of sp³-hybridized carbons (Fsp3) is 0.457. The van der Waals surface area contributed by atoms with E-state index in [0.29, 0.717) is 29.2 Å². The number of thiophene rings is 1. The molecule has 5 aromatic heterocycles. The molecule has 0 spiro atoms. The van der Waals surface area contributed by atoms with E-state index in [1.54, 1.807) is 6.20 Å². The van der Waals surface area contributed by atoms with Crippen LogP contribution in [0, 0.1) is 11.8 Å². The monoisotopic (exact) mass is 686 g/mol. The summed E-state index contributed by atoms with van der Waals surface area (Å²) in [5.74, 6) is 1.34. The molecule has 8 rings (SSSR count). The minimum Gasteiger partial charge on any atom is -0.465 e. The van der Waals surface area contributed by atoms with E-state index >= 15 is 0 Å². The Labute approximate surface area is 283 Å². The molecule has 2 atom stereocenters. The topological polar surface area (TPSA) is 142 Å². The number of fused-ring (bicyclic) bond motifs is 3. The summed E-state index contributed by atoms with van der Waals surface area (Å²) in [6.45, 7) is 5.64. The van der Waals surface area contributed by atoms with Crippen LogP contribution < -0.4 is 10.1 Å². The maximum atomic E-state index is 14.2. The molecule has 1 aliphatic carbocycles. The molecular formula is C35H38N6O5S2. The smallest absolute Gasteiger partial charge is 0.354 e. The van der Waals surface area contributed by atoms with Crippen LogP contribution in [0.25, 0.3) is 32.0 Å². The van der Waals surface area contributed by atoms with Gasteiger partial charge in [0.1, 0.15) is 5.82 Å². The Morgan fingerprint density at radius 2 is 1.94 bits per heavy atom. The fourth-order valence-electron chi connectivity index (χ4n) is 7.45. The number of methoxy groups -OCH3 is 1. The van der Waals surface area contributed by atoms with Crippen molar-refractivity contribution in [2.75, 3.05) is 31.4 Å². The van der Waals surface area contributed by atoms with Gasteiger partial charge in [0.05, 0.1) is 45.5 Å². The van der Waals surface area contributed by atoms with Gasteiger partial charge in [0, 0.05) is 47.7 Å². The third kappa shape index (κ3) is 5.55. The second kappa shape index (κ2) is 12.5. The lowest BCUT2D eigenvalue weighted by Crippen LogP contribution is -2.17. The number of hydrogen-bond acceptors (Lipinski definition) is 12. The molecule has 7 heterocycles. The zero-order valence-corrected chi connectivity index (χ0v) is 28.9. The first kappa shape index (κ1) is 31.3. The zero-order chi connectivity index (χ0) is 33.0. The SMILES string of the molecule is COc1noc(-c2c(CCC3CCOCC3)nc3c(c2-c2cc4ccnc(N[C@H]5CCc6ncccc65)c4s2)S(=O)(=O)C[C@@H]3C(C)C)n1. The molecule has 250 valence electrons. The number of sulfone groups is 1. The minimum absolute atomic E-state index is 0.0182. The third-order valence-electron chi connectivity index (χ3n) is 10.0. The van der Waals surface area contributed by atoms with Crippen LogP contribution in [0.1, 0.15) is 74.1 Å². The lowest BCUT2D eigenvalue weighted by molar-refractivity contribution is 0.0639. The second-order valence-electron chi connectivity index (χ2n) is 13.3. The largest absolute Gasteiger partial charge is 0.465 e. The van der Waals surface area contributed by atoms with Crippen LogP contribution in [0.4, 0.5) is 5.82 Å².